The fourth-order valence-electron chi connectivity index (χ4n) is 2.74. The van der Waals surface area contributed by atoms with Crippen molar-refractivity contribution in [1.29, 1.82) is 0 Å². The van der Waals surface area contributed by atoms with E-state index >= 15 is 0 Å². The number of aromatic nitrogens is 1. The van der Waals surface area contributed by atoms with Crippen LogP contribution in [0.1, 0.15) is 5.56 Å². The third kappa shape index (κ3) is 3.09. The molecule has 0 saturated carbocycles. The van der Waals surface area contributed by atoms with E-state index in [-0.39, 0.29) is 6.61 Å². The number of nitrogens with zero attached hydrogens (tertiary/aromatic N) is 1. The highest BCUT2D eigenvalue weighted by atomic mass is 19.1. The van der Waals surface area contributed by atoms with Crippen LogP contribution in [0.4, 0.5) is 4.39 Å². The van der Waals surface area contributed by atoms with Crippen molar-refractivity contribution in [3.8, 4) is 39.8 Å². The van der Waals surface area contributed by atoms with Gasteiger partial charge in [-0.05, 0) is 18.2 Å². The summed E-state index contributed by atoms with van der Waals surface area (Å²) in [6.07, 6.45) is 0. The second-order valence-corrected chi connectivity index (χ2v) is 5.41. The monoisotopic (exact) mass is 359 g/mol. The van der Waals surface area contributed by atoms with Crippen LogP contribution in [0.2, 0.25) is 0 Å². The minimum Gasteiger partial charge on any atom is -0.496 e. The van der Waals surface area contributed by atoms with E-state index in [2.05, 4.69) is 5.16 Å². The Morgan fingerprint density at radius 2 is 1.69 bits per heavy atom. The van der Waals surface area contributed by atoms with Gasteiger partial charge in [0.1, 0.15) is 17.3 Å². The van der Waals surface area contributed by atoms with E-state index in [4.69, 9.17) is 18.7 Å². The van der Waals surface area contributed by atoms with Gasteiger partial charge in [0, 0.05) is 11.6 Å². The van der Waals surface area contributed by atoms with Gasteiger partial charge in [0.15, 0.2) is 17.3 Å². The van der Waals surface area contributed by atoms with Crippen LogP contribution in [0.5, 0.6) is 17.2 Å². The van der Waals surface area contributed by atoms with Crippen LogP contribution in [0.15, 0.2) is 40.9 Å². The molecule has 0 spiro atoms. The zero-order chi connectivity index (χ0) is 18.7. The lowest BCUT2D eigenvalue weighted by Gasteiger charge is -2.13. The fourth-order valence-corrected chi connectivity index (χ4v) is 2.74. The van der Waals surface area contributed by atoms with Gasteiger partial charge in [0.2, 0.25) is 0 Å². The average molecular weight is 359 g/mol. The number of ether oxygens (including phenoxy) is 3. The normalized spacial score (nSPS) is 10.7. The van der Waals surface area contributed by atoms with Gasteiger partial charge < -0.3 is 23.8 Å². The minimum absolute atomic E-state index is 0.310. The highest BCUT2D eigenvalue weighted by Crippen LogP contribution is 2.43. The number of aliphatic hydroxyl groups is 1. The van der Waals surface area contributed by atoms with E-state index < -0.39 is 5.82 Å². The predicted molar refractivity (Wildman–Crippen MR) is 92.9 cm³/mol. The molecule has 6 nitrogen and oxygen atoms in total. The van der Waals surface area contributed by atoms with E-state index in [1.54, 1.807) is 24.3 Å². The third-order valence-electron chi connectivity index (χ3n) is 3.99. The molecule has 0 atom stereocenters. The van der Waals surface area contributed by atoms with E-state index in [0.717, 1.165) is 0 Å². The zero-order valence-corrected chi connectivity index (χ0v) is 14.6. The Morgan fingerprint density at radius 1 is 1.00 bits per heavy atom. The van der Waals surface area contributed by atoms with Crippen molar-refractivity contribution in [2.24, 2.45) is 0 Å². The summed E-state index contributed by atoms with van der Waals surface area (Å²) in [5, 5.41) is 13.9. The second-order valence-electron chi connectivity index (χ2n) is 5.41. The molecule has 0 aliphatic rings. The number of aliphatic hydroxyl groups excluding tert-OH is 1. The van der Waals surface area contributed by atoms with Crippen LogP contribution < -0.4 is 14.2 Å². The van der Waals surface area contributed by atoms with Crippen LogP contribution in [0.25, 0.3) is 22.6 Å². The molecule has 0 aliphatic heterocycles. The number of hydrogen-bond acceptors (Lipinski definition) is 6. The Kier molecular flexibility index (Phi) is 5.09. The highest BCUT2D eigenvalue weighted by molar-refractivity contribution is 5.77. The molecule has 2 aromatic carbocycles. The van der Waals surface area contributed by atoms with Crippen molar-refractivity contribution >= 4 is 0 Å². The molecule has 136 valence electrons. The summed E-state index contributed by atoms with van der Waals surface area (Å²) in [7, 11) is 4.54. The largest absolute Gasteiger partial charge is 0.496 e. The molecule has 1 heterocycles. The SMILES string of the molecule is COc1cc(OC)c(-c2onc(-c3cccc(F)c3)c2CO)cc1OC. The van der Waals surface area contributed by atoms with Crippen molar-refractivity contribution in [2.75, 3.05) is 21.3 Å². The first kappa shape index (κ1) is 17.8. The summed E-state index contributed by atoms with van der Waals surface area (Å²) in [4.78, 5) is 0. The van der Waals surface area contributed by atoms with Crippen LogP contribution in [-0.2, 0) is 6.61 Å². The second kappa shape index (κ2) is 7.45. The summed E-state index contributed by atoms with van der Waals surface area (Å²) < 4.78 is 35.0. The Morgan fingerprint density at radius 3 is 2.31 bits per heavy atom. The molecule has 0 amide bonds. The van der Waals surface area contributed by atoms with Crippen molar-refractivity contribution in [3.05, 3.63) is 47.8 Å². The summed E-state index contributed by atoms with van der Waals surface area (Å²) in [6, 6.07) is 9.24. The quantitative estimate of drug-likeness (QED) is 0.724. The molecule has 1 aromatic heterocycles. The molecule has 7 heteroatoms. The van der Waals surface area contributed by atoms with E-state index in [1.165, 1.54) is 33.5 Å². The van der Waals surface area contributed by atoms with E-state index in [1.807, 2.05) is 0 Å². The first-order valence-corrected chi connectivity index (χ1v) is 7.78. The average Bonchev–Trinajstić information content (AvgIpc) is 3.10. The Balaban J connectivity index is 2.19. The van der Waals surface area contributed by atoms with Crippen LogP contribution in [0.3, 0.4) is 0 Å². The molecule has 26 heavy (non-hydrogen) atoms. The first-order valence-electron chi connectivity index (χ1n) is 7.78. The first-order chi connectivity index (χ1) is 12.6. The van der Waals surface area contributed by atoms with Crippen LogP contribution in [-0.4, -0.2) is 31.6 Å². The Hall–Kier alpha value is -3.06. The number of methoxy groups -OCH3 is 3. The molecule has 0 aliphatic carbocycles. The van der Waals surface area contributed by atoms with Gasteiger partial charge in [0.05, 0.1) is 39.1 Å². The van der Waals surface area contributed by atoms with Gasteiger partial charge in [0.25, 0.3) is 0 Å². The lowest BCUT2D eigenvalue weighted by molar-refractivity contribution is 0.281. The van der Waals surface area contributed by atoms with E-state index in [0.29, 0.717) is 45.4 Å². The molecule has 3 rings (SSSR count). The van der Waals surface area contributed by atoms with Crippen molar-refractivity contribution < 1.29 is 28.2 Å². The molecular formula is C19H18FNO5. The number of hydrogen-bond donors (Lipinski definition) is 1. The molecule has 0 bridgehead atoms. The predicted octanol–water partition coefficient (Wildman–Crippen LogP) is 3.67. The number of benzene rings is 2. The Labute approximate surface area is 149 Å². The summed E-state index contributed by atoms with van der Waals surface area (Å²) >= 11 is 0. The van der Waals surface area contributed by atoms with Gasteiger partial charge in [-0.2, -0.15) is 0 Å². The molecule has 3 aromatic rings. The van der Waals surface area contributed by atoms with Crippen LogP contribution >= 0.6 is 0 Å². The molecule has 0 unspecified atom stereocenters. The summed E-state index contributed by atoms with van der Waals surface area (Å²) in [5.41, 5.74) is 1.81. The fraction of sp³-hybridized carbons (Fsp3) is 0.211. The summed E-state index contributed by atoms with van der Waals surface area (Å²) in [6.45, 7) is -0.345. The molecule has 0 fully saturated rings. The smallest absolute Gasteiger partial charge is 0.176 e. The maximum absolute atomic E-state index is 13.5. The number of rotatable bonds is 6. The minimum atomic E-state index is -0.403. The van der Waals surface area contributed by atoms with Gasteiger partial charge >= 0.3 is 0 Å². The highest BCUT2D eigenvalue weighted by Gasteiger charge is 2.23. The maximum Gasteiger partial charge on any atom is 0.176 e. The maximum atomic E-state index is 13.5. The summed E-state index contributed by atoms with van der Waals surface area (Å²) in [5.74, 6) is 1.32. The molecule has 0 saturated heterocycles. The standard InChI is InChI=1S/C19H18FNO5/c1-23-15-9-17(25-3)16(24-2)8-13(15)19-14(10-22)18(21-26-19)11-5-4-6-12(20)7-11/h4-9,22H,10H2,1-3H3. The Bertz CT molecular complexity index is 922. The van der Waals surface area contributed by atoms with Crippen molar-refractivity contribution in [2.45, 2.75) is 6.61 Å². The van der Waals surface area contributed by atoms with Crippen molar-refractivity contribution in [3.63, 3.8) is 0 Å². The van der Waals surface area contributed by atoms with Gasteiger partial charge in [-0.1, -0.05) is 17.3 Å². The zero-order valence-electron chi connectivity index (χ0n) is 14.6. The van der Waals surface area contributed by atoms with Crippen molar-refractivity contribution in [1.82, 2.24) is 5.16 Å². The topological polar surface area (TPSA) is 74.0 Å². The third-order valence-corrected chi connectivity index (χ3v) is 3.99. The molecular weight excluding hydrogens is 341 g/mol. The van der Waals surface area contributed by atoms with Crippen LogP contribution in [0, 0.1) is 5.82 Å². The molecule has 0 radical (unpaired) electrons. The lowest BCUT2D eigenvalue weighted by Crippen LogP contribution is -1.96. The van der Waals surface area contributed by atoms with E-state index in [9.17, 15) is 9.50 Å². The molecule has 1 N–H and O–H groups in total. The van der Waals surface area contributed by atoms with Gasteiger partial charge in [-0.25, -0.2) is 4.39 Å². The number of halogens is 1. The lowest BCUT2D eigenvalue weighted by atomic mass is 10.0. The van der Waals surface area contributed by atoms with Gasteiger partial charge in [-0.3, -0.25) is 0 Å². The van der Waals surface area contributed by atoms with Gasteiger partial charge in [-0.15, -0.1) is 0 Å².